The van der Waals surface area contributed by atoms with Crippen LogP contribution in [0, 0.1) is 17.7 Å². The van der Waals surface area contributed by atoms with E-state index in [1.165, 1.54) is 17.8 Å². The van der Waals surface area contributed by atoms with E-state index in [2.05, 4.69) is 11.8 Å². The molecule has 2 N–H and O–H groups in total. The van der Waals surface area contributed by atoms with Crippen LogP contribution in [0.3, 0.4) is 0 Å². The first-order valence-corrected chi connectivity index (χ1v) is 7.27. The summed E-state index contributed by atoms with van der Waals surface area (Å²) in [6, 6.07) is 4.91. The number of rotatable bonds is 5. The van der Waals surface area contributed by atoms with Gasteiger partial charge < -0.3 is 10.2 Å². The highest BCUT2D eigenvalue weighted by Gasteiger charge is 2.11. The van der Waals surface area contributed by atoms with Gasteiger partial charge in [0.25, 0.3) is 0 Å². The number of thioether (sulfide) groups is 1. The van der Waals surface area contributed by atoms with Crippen LogP contribution in [0.2, 0.25) is 0 Å². The normalized spacial score (nSPS) is 13.5. The van der Waals surface area contributed by atoms with E-state index < -0.39 is 6.10 Å². The fourth-order valence-electron chi connectivity index (χ4n) is 1.32. The summed E-state index contributed by atoms with van der Waals surface area (Å²) in [7, 11) is 0. The fraction of sp³-hybridized carbons (Fsp3) is 0.467. The van der Waals surface area contributed by atoms with E-state index in [-0.39, 0.29) is 17.7 Å². The first-order chi connectivity index (χ1) is 9.04. The first kappa shape index (κ1) is 16.0. The summed E-state index contributed by atoms with van der Waals surface area (Å²) < 4.78 is 13.8. The Hall–Kier alpha value is -1.02. The number of hydrogen-bond donors (Lipinski definition) is 2. The lowest BCUT2D eigenvalue weighted by Crippen LogP contribution is -2.15. The highest BCUT2D eigenvalue weighted by atomic mass is 32.2. The summed E-state index contributed by atoms with van der Waals surface area (Å²) in [6.45, 7) is 3.66. The standard InChI is InChI=1S/C15H19FO2S/c1-11(18)12(2)19-10-14-7-6-13(9-15(14)16)5-3-4-8-17/h6-7,9,11-12,17-18H,4,8,10H2,1-2H3. The maximum Gasteiger partial charge on any atom is 0.128 e. The molecule has 1 aromatic rings. The SMILES string of the molecule is CC(O)C(C)SCc1ccc(C#CCCO)cc1F. The Morgan fingerprint density at radius 3 is 2.68 bits per heavy atom. The summed E-state index contributed by atoms with van der Waals surface area (Å²) in [5.41, 5.74) is 1.23. The lowest BCUT2D eigenvalue weighted by atomic mass is 10.1. The number of aliphatic hydroxyl groups is 2. The number of hydrogen-bond acceptors (Lipinski definition) is 3. The molecule has 0 fully saturated rings. The van der Waals surface area contributed by atoms with Crippen molar-refractivity contribution in [1.82, 2.24) is 0 Å². The molecule has 2 atom stereocenters. The highest BCUT2D eigenvalue weighted by molar-refractivity contribution is 7.99. The lowest BCUT2D eigenvalue weighted by Gasteiger charge is -2.14. The molecule has 0 aliphatic carbocycles. The second-order valence-electron chi connectivity index (χ2n) is 4.34. The van der Waals surface area contributed by atoms with Crippen molar-refractivity contribution in [1.29, 1.82) is 0 Å². The molecule has 0 aliphatic rings. The van der Waals surface area contributed by atoms with Crippen molar-refractivity contribution < 1.29 is 14.6 Å². The molecule has 0 spiro atoms. The van der Waals surface area contributed by atoms with Crippen molar-refractivity contribution in [2.24, 2.45) is 0 Å². The summed E-state index contributed by atoms with van der Waals surface area (Å²) >= 11 is 1.52. The third-order valence-electron chi connectivity index (χ3n) is 2.70. The van der Waals surface area contributed by atoms with Crippen LogP contribution in [0.4, 0.5) is 4.39 Å². The van der Waals surface area contributed by atoms with E-state index in [4.69, 9.17) is 5.11 Å². The summed E-state index contributed by atoms with van der Waals surface area (Å²) in [5, 5.41) is 18.1. The molecule has 104 valence electrons. The van der Waals surface area contributed by atoms with Gasteiger partial charge in [0.2, 0.25) is 0 Å². The van der Waals surface area contributed by atoms with E-state index in [1.54, 1.807) is 19.1 Å². The van der Waals surface area contributed by atoms with Crippen LogP contribution in [0.15, 0.2) is 18.2 Å². The van der Waals surface area contributed by atoms with Gasteiger partial charge in [-0.2, -0.15) is 11.8 Å². The van der Waals surface area contributed by atoms with Crippen molar-refractivity contribution in [2.75, 3.05) is 6.61 Å². The zero-order chi connectivity index (χ0) is 14.3. The summed E-state index contributed by atoms with van der Waals surface area (Å²) in [6.07, 6.45) is -0.0119. The maximum absolute atomic E-state index is 13.8. The number of benzene rings is 1. The van der Waals surface area contributed by atoms with Crippen molar-refractivity contribution in [3.8, 4) is 11.8 Å². The summed E-state index contributed by atoms with van der Waals surface area (Å²) in [4.78, 5) is 0. The first-order valence-electron chi connectivity index (χ1n) is 6.22. The van der Waals surface area contributed by atoms with E-state index in [1.807, 2.05) is 6.92 Å². The van der Waals surface area contributed by atoms with Crippen LogP contribution in [-0.2, 0) is 5.75 Å². The molecule has 4 heteroatoms. The Bertz CT molecular complexity index is 463. The molecule has 19 heavy (non-hydrogen) atoms. The van der Waals surface area contributed by atoms with Gasteiger partial charge in [-0.05, 0) is 24.6 Å². The molecule has 0 bridgehead atoms. The quantitative estimate of drug-likeness (QED) is 0.816. The molecule has 0 heterocycles. The second kappa shape index (κ2) is 8.21. The van der Waals surface area contributed by atoms with Gasteiger partial charge in [-0.25, -0.2) is 4.39 Å². The van der Waals surface area contributed by atoms with E-state index in [0.717, 1.165) is 0 Å². The fourth-order valence-corrected chi connectivity index (χ4v) is 2.28. The monoisotopic (exact) mass is 282 g/mol. The molecular formula is C15H19FO2S. The molecule has 2 unspecified atom stereocenters. The minimum Gasteiger partial charge on any atom is -0.395 e. The van der Waals surface area contributed by atoms with Gasteiger partial charge in [0.05, 0.1) is 12.7 Å². The molecule has 0 saturated carbocycles. The zero-order valence-electron chi connectivity index (χ0n) is 11.2. The van der Waals surface area contributed by atoms with Gasteiger partial charge in [-0.1, -0.05) is 24.8 Å². The molecule has 0 aliphatic heterocycles. The van der Waals surface area contributed by atoms with Gasteiger partial charge in [0, 0.05) is 23.0 Å². The molecule has 2 nitrogen and oxygen atoms in total. The minimum absolute atomic E-state index is 0.0153. The van der Waals surface area contributed by atoms with Crippen molar-refractivity contribution >= 4 is 11.8 Å². The van der Waals surface area contributed by atoms with Crippen LogP contribution in [0.25, 0.3) is 0 Å². The Morgan fingerprint density at radius 1 is 1.37 bits per heavy atom. The molecule has 1 rings (SSSR count). The lowest BCUT2D eigenvalue weighted by molar-refractivity contribution is 0.196. The molecule has 0 aromatic heterocycles. The highest BCUT2D eigenvalue weighted by Crippen LogP contribution is 2.22. The topological polar surface area (TPSA) is 40.5 Å². The Balaban J connectivity index is 2.65. The molecule has 1 aromatic carbocycles. The number of aliphatic hydroxyl groups excluding tert-OH is 2. The van der Waals surface area contributed by atoms with E-state index >= 15 is 0 Å². The van der Waals surface area contributed by atoms with Crippen LogP contribution in [0.1, 0.15) is 31.4 Å². The smallest absolute Gasteiger partial charge is 0.128 e. The van der Waals surface area contributed by atoms with Crippen LogP contribution < -0.4 is 0 Å². The van der Waals surface area contributed by atoms with Crippen LogP contribution >= 0.6 is 11.8 Å². The van der Waals surface area contributed by atoms with Crippen LogP contribution in [0.5, 0.6) is 0 Å². The van der Waals surface area contributed by atoms with E-state index in [9.17, 15) is 9.50 Å². The average molecular weight is 282 g/mol. The Morgan fingerprint density at radius 2 is 2.11 bits per heavy atom. The van der Waals surface area contributed by atoms with Crippen molar-refractivity contribution in [3.63, 3.8) is 0 Å². The minimum atomic E-state index is -0.406. The largest absolute Gasteiger partial charge is 0.395 e. The molecule has 0 radical (unpaired) electrons. The molecule has 0 amide bonds. The van der Waals surface area contributed by atoms with Crippen molar-refractivity contribution in [3.05, 3.63) is 35.1 Å². The Labute approximate surface area is 118 Å². The predicted molar refractivity (Wildman–Crippen MR) is 77.4 cm³/mol. The third-order valence-corrected chi connectivity index (χ3v) is 4.10. The average Bonchev–Trinajstić information content (AvgIpc) is 2.37. The van der Waals surface area contributed by atoms with Gasteiger partial charge in [-0.3, -0.25) is 0 Å². The van der Waals surface area contributed by atoms with Gasteiger partial charge in [0.1, 0.15) is 5.82 Å². The molecule has 0 saturated heterocycles. The Kier molecular flexibility index (Phi) is 6.93. The zero-order valence-corrected chi connectivity index (χ0v) is 12.0. The van der Waals surface area contributed by atoms with Crippen LogP contribution in [-0.4, -0.2) is 28.2 Å². The third kappa shape index (κ3) is 5.65. The summed E-state index contributed by atoms with van der Waals surface area (Å²) in [5.74, 6) is 5.81. The van der Waals surface area contributed by atoms with Crippen molar-refractivity contribution in [2.45, 2.75) is 37.4 Å². The van der Waals surface area contributed by atoms with Gasteiger partial charge in [-0.15, -0.1) is 0 Å². The van der Waals surface area contributed by atoms with E-state index in [0.29, 0.717) is 23.3 Å². The second-order valence-corrected chi connectivity index (χ2v) is 5.70. The predicted octanol–water partition coefficient (Wildman–Crippen LogP) is 2.56. The number of halogens is 1. The molecular weight excluding hydrogens is 263 g/mol. The maximum atomic E-state index is 13.8. The van der Waals surface area contributed by atoms with Gasteiger partial charge >= 0.3 is 0 Å². The van der Waals surface area contributed by atoms with Gasteiger partial charge in [0.15, 0.2) is 0 Å².